The van der Waals surface area contributed by atoms with E-state index >= 15 is 0 Å². The van der Waals surface area contributed by atoms with E-state index in [2.05, 4.69) is 42.5 Å². The van der Waals surface area contributed by atoms with E-state index in [9.17, 15) is 38.4 Å². The fourth-order valence-corrected chi connectivity index (χ4v) is 5.85. The number of carbonyl (C=O) groups is 8. The summed E-state index contributed by atoms with van der Waals surface area (Å²) < 4.78 is 0. The molecule has 2 bridgehead atoms. The molecule has 56 heavy (non-hydrogen) atoms. The van der Waals surface area contributed by atoms with Gasteiger partial charge in [0.15, 0.2) is 0 Å². The molecule has 18 nitrogen and oxygen atoms in total. The summed E-state index contributed by atoms with van der Waals surface area (Å²) in [5.41, 5.74) is 12.1. The monoisotopic (exact) mass is 786 g/mol. The van der Waals surface area contributed by atoms with Gasteiger partial charge in [-0.3, -0.25) is 38.4 Å². The van der Waals surface area contributed by atoms with Gasteiger partial charge in [-0.25, -0.2) is 0 Å². The maximum atomic E-state index is 13.5. The Balaban J connectivity index is 2.51. The van der Waals surface area contributed by atoms with Crippen LogP contribution in [0.15, 0.2) is 18.2 Å². The van der Waals surface area contributed by atoms with Crippen LogP contribution in [0.4, 0.5) is 5.69 Å². The van der Waals surface area contributed by atoms with Gasteiger partial charge < -0.3 is 54.0 Å². The van der Waals surface area contributed by atoms with Gasteiger partial charge in [0.05, 0.1) is 0 Å². The van der Waals surface area contributed by atoms with Gasteiger partial charge in [0.1, 0.15) is 42.3 Å². The summed E-state index contributed by atoms with van der Waals surface area (Å²) in [5.74, 6) is -5.27. The number of fused-ring (bicyclic) bond motifs is 2. The number of benzene rings is 1. The summed E-state index contributed by atoms with van der Waals surface area (Å²) >= 11 is 0. The highest BCUT2D eigenvalue weighted by atomic mass is 16.2. The molecule has 1 aromatic carbocycles. The van der Waals surface area contributed by atoms with Crippen LogP contribution < -0.4 is 54.0 Å². The lowest BCUT2D eigenvalue weighted by Gasteiger charge is -2.26. The Kier molecular flexibility index (Phi) is 19.4. The number of nitrogens with two attached hydrogens (primary N) is 2. The molecule has 1 aliphatic heterocycles. The normalized spacial score (nSPS) is 25.5. The molecule has 0 fully saturated rings. The first-order valence-electron chi connectivity index (χ1n) is 19.3. The van der Waals surface area contributed by atoms with Crippen LogP contribution in [0.3, 0.4) is 0 Å². The fourth-order valence-electron chi connectivity index (χ4n) is 5.85. The largest absolute Gasteiger partial charge is 0.343 e. The predicted molar refractivity (Wildman–Crippen MR) is 211 cm³/mol. The van der Waals surface area contributed by atoms with Crippen molar-refractivity contribution in [3.8, 4) is 0 Å². The van der Waals surface area contributed by atoms with E-state index in [1.165, 1.54) is 33.8 Å². The Morgan fingerprint density at radius 1 is 0.536 bits per heavy atom. The Bertz CT molecular complexity index is 1570. The maximum Gasteiger partial charge on any atom is 0.252 e. The second kappa shape index (κ2) is 23.1. The number of hydrogen-bond acceptors (Lipinski definition) is 10. The molecule has 1 aromatic rings. The Morgan fingerprint density at radius 3 is 1.39 bits per heavy atom. The Morgan fingerprint density at radius 2 is 0.946 bits per heavy atom. The van der Waals surface area contributed by atoms with E-state index < -0.39 is 89.6 Å². The molecule has 7 atom stereocenters. The van der Waals surface area contributed by atoms with Gasteiger partial charge >= 0.3 is 0 Å². The molecule has 0 saturated carbocycles. The van der Waals surface area contributed by atoms with Crippen LogP contribution in [0.2, 0.25) is 0 Å². The zero-order valence-corrected chi connectivity index (χ0v) is 33.6. The summed E-state index contributed by atoms with van der Waals surface area (Å²) in [4.78, 5) is 107. The standard InChI is InChI=1S/C38H62N10O8/c1-20(2)19-30-38(56)44-24(6)33(51)47-29(15-9-11-18-40)36(54)42-23(5)31(49)45-27-16-12-13-26(21(27)3)35(53)41-22(4)32(50)46-28(14-8-10-17-39)37(55)43-25(7)34(52)48-30/h12-13,16,20,22-25,28-30H,8-11,14-15,17-19,39-40H2,1-7H3,(H,41,53)(H,42,54)(H,43,55)(H,44,56)(H,45,49)(H,46,50)(H,47,51)(H,48,52)/t22-,23-,24-,25-,28?,29+,30?/m1/s1. The summed E-state index contributed by atoms with van der Waals surface area (Å²) in [5, 5.41) is 21.2. The second-order valence-corrected chi connectivity index (χ2v) is 14.7. The van der Waals surface area contributed by atoms with Crippen LogP contribution in [-0.2, 0) is 33.6 Å². The van der Waals surface area contributed by atoms with Gasteiger partial charge in [-0.05, 0) is 116 Å². The smallest absolute Gasteiger partial charge is 0.252 e. The zero-order valence-electron chi connectivity index (χ0n) is 33.6. The number of anilines is 1. The number of hydrogen-bond donors (Lipinski definition) is 10. The van der Waals surface area contributed by atoms with Crippen molar-refractivity contribution >= 4 is 52.9 Å². The second-order valence-electron chi connectivity index (χ2n) is 14.7. The third-order valence-electron chi connectivity index (χ3n) is 9.33. The SMILES string of the molecule is Cc1c2cccc1C(=O)N[C@H](C)C(=O)NC(CCCCN)C(=O)N[C@H](C)C(=O)NC(CC(C)C)C(=O)N[C@H](C)C(=O)N[C@@H](CCCCN)C(=O)N[C@H](C)C(=O)N2. The highest BCUT2D eigenvalue weighted by Crippen LogP contribution is 2.20. The van der Waals surface area contributed by atoms with Crippen molar-refractivity contribution in [3.05, 3.63) is 29.3 Å². The van der Waals surface area contributed by atoms with Crippen LogP contribution in [0.5, 0.6) is 0 Å². The maximum absolute atomic E-state index is 13.5. The fraction of sp³-hybridized carbons (Fsp3) is 0.632. The van der Waals surface area contributed by atoms with Crippen molar-refractivity contribution in [2.45, 2.75) is 136 Å². The van der Waals surface area contributed by atoms with Gasteiger partial charge in [0.25, 0.3) is 5.91 Å². The summed E-state index contributed by atoms with van der Waals surface area (Å²) in [7, 11) is 0. The number of rotatable bonds is 10. The van der Waals surface area contributed by atoms with Gasteiger partial charge in [-0.1, -0.05) is 19.9 Å². The van der Waals surface area contributed by atoms with Gasteiger partial charge in [-0.15, -0.1) is 0 Å². The van der Waals surface area contributed by atoms with E-state index in [-0.39, 0.29) is 36.4 Å². The molecule has 2 unspecified atom stereocenters. The topological polar surface area (TPSA) is 285 Å². The molecule has 0 radical (unpaired) electrons. The molecule has 0 spiro atoms. The molecule has 1 aliphatic rings. The number of unbranched alkanes of at least 4 members (excludes halogenated alkanes) is 2. The Hall–Kier alpha value is -5.10. The summed E-state index contributed by atoms with van der Waals surface area (Å²) in [6.45, 7) is 11.8. The van der Waals surface area contributed by atoms with Gasteiger partial charge in [-0.2, -0.15) is 0 Å². The lowest BCUT2D eigenvalue weighted by Crippen LogP contribution is -2.59. The minimum atomic E-state index is -1.14. The molecule has 0 aromatic heterocycles. The molecule has 2 rings (SSSR count). The van der Waals surface area contributed by atoms with E-state index in [0.29, 0.717) is 44.3 Å². The summed E-state index contributed by atoms with van der Waals surface area (Å²) in [6, 6.07) is -3.07. The number of amides is 8. The number of carbonyl (C=O) groups excluding carboxylic acids is 8. The molecule has 1 heterocycles. The van der Waals surface area contributed by atoms with Crippen molar-refractivity contribution in [2.24, 2.45) is 17.4 Å². The highest BCUT2D eigenvalue weighted by Gasteiger charge is 2.32. The molecule has 312 valence electrons. The Labute approximate surface area is 328 Å². The third kappa shape index (κ3) is 14.9. The molecule has 0 aliphatic carbocycles. The van der Waals surface area contributed by atoms with Crippen LogP contribution in [0.1, 0.15) is 102 Å². The first-order chi connectivity index (χ1) is 26.4. The minimum absolute atomic E-state index is 0.0630. The minimum Gasteiger partial charge on any atom is -0.343 e. The molecule has 12 N–H and O–H groups in total. The molecule has 0 saturated heterocycles. The lowest BCUT2D eigenvalue weighted by atomic mass is 10.0. The highest BCUT2D eigenvalue weighted by molar-refractivity contribution is 6.03. The zero-order chi connectivity index (χ0) is 42.1. The van der Waals surface area contributed by atoms with Crippen LogP contribution in [-0.4, -0.2) is 103 Å². The van der Waals surface area contributed by atoms with Crippen molar-refractivity contribution in [1.29, 1.82) is 0 Å². The van der Waals surface area contributed by atoms with Gasteiger partial charge in [0, 0.05) is 11.3 Å². The van der Waals surface area contributed by atoms with E-state index in [1.54, 1.807) is 19.1 Å². The van der Waals surface area contributed by atoms with Crippen molar-refractivity contribution in [3.63, 3.8) is 0 Å². The first-order valence-corrected chi connectivity index (χ1v) is 19.3. The molecule has 18 heteroatoms. The van der Waals surface area contributed by atoms with Gasteiger partial charge in [0.2, 0.25) is 41.4 Å². The first kappa shape index (κ1) is 47.1. The van der Waals surface area contributed by atoms with Crippen LogP contribution >= 0.6 is 0 Å². The predicted octanol–water partition coefficient (Wildman–Crippen LogP) is -0.662. The third-order valence-corrected chi connectivity index (χ3v) is 9.33. The van der Waals surface area contributed by atoms with Crippen molar-refractivity contribution in [2.75, 3.05) is 18.4 Å². The number of nitrogens with one attached hydrogen (secondary N) is 8. The lowest BCUT2D eigenvalue weighted by molar-refractivity contribution is -0.135. The average molecular weight is 787 g/mol. The summed E-state index contributed by atoms with van der Waals surface area (Å²) in [6.07, 6.45) is 2.68. The quantitative estimate of drug-likeness (QED) is 0.134. The molecule has 8 amide bonds. The van der Waals surface area contributed by atoms with Crippen molar-refractivity contribution in [1.82, 2.24) is 37.2 Å². The van der Waals surface area contributed by atoms with Crippen LogP contribution in [0.25, 0.3) is 0 Å². The molecular weight excluding hydrogens is 724 g/mol. The average Bonchev–Trinajstić information content (AvgIpc) is 3.13. The van der Waals surface area contributed by atoms with E-state index in [4.69, 9.17) is 11.5 Å². The molecular formula is C38H62N10O8. The van der Waals surface area contributed by atoms with Crippen molar-refractivity contribution < 1.29 is 38.4 Å². The van der Waals surface area contributed by atoms with Crippen LogP contribution in [0, 0.1) is 12.8 Å². The van der Waals surface area contributed by atoms with E-state index in [1.807, 2.05) is 13.8 Å². The van der Waals surface area contributed by atoms with E-state index in [0.717, 1.165) is 0 Å².